The van der Waals surface area contributed by atoms with Gasteiger partial charge in [0.05, 0.1) is 17.6 Å². The van der Waals surface area contributed by atoms with Gasteiger partial charge in [0.15, 0.2) is 12.4 Å². The van der Waals surface area contributed by atoms with E-state index in [0.29, 0.717) is 17.3 Å². The Morgan fingerprint density at radius 1 is 1.28 bits per heavy atom. The standard InChI is InChI=1S/C18H15N5O2/c1-23-10-13(9-20-23)14-6-7-19-17(21-14)5-3-12-2-4-16-15(8-12)22-18(24)11-25-16/h2-10H,11H2,1H3,(H,22,24). The van der Waals surface area contributed by atoms with Crippen molar-refractivity contribution in [3.05, 3.63) is 54.2 Å². The molecule has 0 radical (unpaired) electrons. The van der Waals surface area contributed by atoms with Crippen LogP contribution in [-0.2, 0) is 11.8 Å². The van der Waals surface area contributed by atoms with Crippen LogP contribution in [0.1, 0.15) is 11.4 Å². The van der Waals surface area contributed by atoms with Crippen LogP contribution in [0, 0.1) is 0 Å². The number of nitrogens with zero attached hydrogens (tertiary/aromatic N) is 4. The number of aromatic nitrogens is 4. The van der Waals surface area contributed by atoms with Crippen LogP contribution in [0.2, 0.25) is 0 Å². The molecule has 1 N–H and O–H groups in total. The Morgan fingerprint density at radius 3 is 3.04 bits per heavy atom. The van der Waals surface area contributed by atoms with Crippen LogP contribution in [-0.4, -0.2) is 32.3 Å². The Bertz CT molecular complexity index is 977. The third-order valence-electron chi connectivity index (χ3n) is 3.74. The van der Waals surface area contributed by atoms with Gasteiger partial charge >= 0.3 is 0 Å². The molecule has 0 spiro atoms. The van der Waals surface area contributed by atoms with Gasteiger partial charge in [-0.15, -0.1) is 0 Å². The fourth-order valence-corrected chi connectivity index (χ4v) is 2.54. The summed E-state index contributed by atoms with van der Waals surface area (Å²) in [5.74, 6) is 1.12. The highest BCUT2D eigenvalue weighted by molar-refractivity contribution is 5.95. The summed E-state index contributed by atoms with van der Waals surface area (Å²) in [5, 5.41) is 6.95. The molecule has 7 nitrogen and oxygen atoms in total. The lowest BCUT2D eigenvalue weighted by Crippen LogP contribution is -2.25. The Morgan fingerprint density at radius 2 is 2.20 bits per heavy atom. The SMILES string of the molecule is Cn1cc(-c2ccnc(C=Cc3ccc4c(c3)NC(=O)CO4)n2)cn1. The van der Waals surface area contributed by atoms with Gasteiger partial charge in [-0.1, -0.05) is 12.1 Å². The van der Waals surface area contributed by atoms with Crippen LogP contribution in [0.3, 0.4) is 0 Å². The van der Waals surface area contributed by atoms with E-state index in [-0.39, 0.29) is 12.5 Å². The third kappa shape index (κ3) is 3.25. The van der Waals surface area contributed by atoms with Crippen LogP contribution in [0.5, 0.6) is 5.75 Å². The van der Waals surface area contributed by atoms with Crippen molar-refractivity contribution in [1.29, 1.82) is 0 Å². The van der Waals surface area contributed by atoms with E-state index in [1.165, 1.54) is 0 Å². The lowest BCUT2D eigenvalue weighted by atomic mass is 10.1. The second kappa shape index (κ2) is 6.20. The van der Waals surface area contributed by atoms with Gasteiger partial charge in [0.1, 0.15) is 5.75 Å². The Labute approximate surface area is 144 Å². The fraction of sp³-hybridized carbons (Fsp3) is 0.111. The minimum Gasteiger partial charge on any atom is -0.482 e. The molecule has 0 atom stereocenters. The van der Waals surface area contributed by atoms with E-state index in [9.17, 15) is 4.79 Å². The van der Waals surface area contributed by atoms with Gasteiger partial charge in [0, 0.05) is 25.0 Å². The first kappa shape index (κ1) is 15.1. The van der Waals surface area contributed by atoms with Crippen LogP contribution < -0.4 is 10.1 Å². The van der Waals surface area contributed by atoms with Crippen molar-refractivity contribution in [3.8, 4) is 17.0 Å². The molecule has 4 rings (SSSR count). The predicted octanol–water partition coefficient (Wildman–Crippen LogP) is 2.38. The number of carbonyl (C=O) groups excluding carboxylic acids is 1. The van der Waals surface area contributed by atoms with Crippen molar-refractivity contribution in [1.82, 2.24) is 19.7 Å². The van der Waals surface area contributed by atoms with Gasteiger partial charge in [-0.2, -0.15) is 5.10 Å². The van der Waals surface area contributed by atoms with Crippen molar-refractivity contribution in [2.24, 2.45) is 7.05 Å². The summed E-state index contributed by atoms with van der Waals surface area (Å²) in [5.41, 5.74) is 3.34. The predicted molar refractivity (Wildman–Crippen MR) is 93.7 cm³/mol. The molecule has 124 valence electrons. The molecule has 0 saturated carbocycles. The molecular weight excluding hydrogens is 318 g/mol. The van der Waals surface area contributed by atoms with Crippen LogP contribution in [0.25, 0.3) is 23.4 Å². The van der Waals surface area contributed by atoms with Crippen LogP contribution in [0.4, 0.5) is 5.69 Å². The number of benzene rings is 1. The topological polar surface area (TPSA) is 81.9 Å². The van der Waals surface area contributed by atoms with Crippen molar-refractivity contribution in [2.45, 2.75) is 0 Å². The number of rotatable bonds is 3. The molecular formula is C18H15N5O2. The molecule has 1 amide bonds. The Kier molecular flexibility index (Phi) is 3.74. The molecule has 1 aromatic carbocycles. The van der Waals surface area contributed by atoms with Gasteiger partial charge in [0.25, 0.3) is 5.91 Å². The van der Waals surface area contributed by atoms with Crippen molar-refractivity contribution < 1.29 is 9.53 Å². The zero-order valence-electron chi connectivity index (χ0n) is 13.5. The summed E-state index contributed by atoms with van der Waals surface area (Å²) >= 11 is 0. The number of aryl methyl sites for hydroxylation is 1. The van der Waals surface area contributed by atoms with E-state index in [2.05, 4.69) is 20.4 Å². The highest BCUT2D eigenvalue weighted by Crippen LogP contribution is 2.29. The van der Waals surface area contributed by atoms with Gasteiger partial charge in [-0.25, -0.2) is 9.97 Å². The maximum atomic E-state index is 11.4. The smallest absolute Gasteiger partial charge is 0.262 e. The van der Waals surface area contributed by atoms with Gasteiger partial charge in [0.2, 0.25) is 0 Å². The normalized spacial score (nSPS) is 13.4. The lowest BCUT2D eigenvalue weighted by Gasteiger charge is -2.17. The van der Waals surface area contributed by atoms with Gasteiger partial charge < -0.3 is 10.1 Å². The zero-order chi connectivity index (χ0) is 17.2. The maximum Gasteiger partial charge on any atom is 0.262 e. The van der Waals surface area contributed by atoms with E-state index in [1.54, 1.807) is 17.1 Å². The average Bonchev–Trinajstić information content (AvgIpc) is 3.06. The molecule has 25 heavy (non-hydrogen) atoms. The second-order valence-corrected chi connectivity index (χ2v) is 5.63. The first-order chi connectivity index (χ1) is 12.2. The minimum absolute atomic E-state index is 0.0527. The highest BCUT2D eigenvalue weighted by Gasteiger charge is 2.15. The fourth-order valence-electron chi connectivity index (χ4n) is 2.54. The van der Waals surface area contributed by atoms with Gasteiger partial charge in [-0.05, 0) is 29.8 Å². The first-order valence-corrected chi connectivity index (χ1v) is 7.74. The molecule has 1 aliphatic heterocycles. The molecule has 0 unspecified atom stereocenters. The summed E-state index contributed by atoms with van der Waals surface area (Å²) in [7, 11) is 1.87. The zero-order valence-corrected chi connectivity index (χ0v) is 13.5. The number of nitrogens with one attached hydrogen (secondary N) is 1. The summed E-state index contributed by atoms with van der Waals surface area (Å²) in [6.07, 6.45) is 9.11. The van der Waals surface area contributed by atoms with E-state index >= 15 is 0 Å². The first-order valence-electron chi connectivity index (χ1n) is 7.74. The second-order valence-electron chi connectivity index (χ2n) is 5.63. The Hall–Kier alpha value is -3.48. The minimum atomic E-state index is -0.152. The number of ether oxygens (including phenoxy) is 1. The summed E-state index contributed by atoms with van der Waals surface area (Å²) in [6.45, 7) is 0.0527. The van der Waals surface area contributed by atoms with E-state index < -0.39 is 0 Å². The van der Waals surface area contributed by atoms with Gasteiger partial charge in [-0.3, -0.25) is 9.48 Å². The summed E-state index contributed by atoms with van der Waals surface area (Å²) in [6, 6.07) is 7.45. The number of fused-ring (bicyclic) bond motifs is 1. The molecule has 3 heterocycles. The molecule has 0 bridgehead atoms. The number of amides is 1. The number of hydrogen-bond donors (Lipinski definition) is 1. The average molecular weight is 333 g/mol. The molecule has 0 aliphatic carbocycles. The number of anilines is 1. The molecule has 7 heteroatoms. The molecule has 0 fully saturated rings. The highest BCUT2D eigenvalue weighted by atomic mass is 16.5. The quantitative estimate of drug-likeness (QED) is 0.796. The van der Waals surface area contributed by atoms with Crippen LogP contribution >= 0.6 is 0 Å². The molecule has 2 aromatic heterocycles. The molecule has 0 saturated heterocycles. The third-order valence-corrected chi connectivity index (χ3v) is 3.74. The largest absolute Gasteiger partial charge is 0.482 e. The summed E-state index contributed by atoms with van der Waals surface area (Å²) in [4.78, 5) is 20.2. The number of carbonyl (C=O) groups is 1. The maximum absolute atomic E-state index is 11.4. The van der Waals surface area contributed by atoms with Crippen molar-refractivity contribution in [2.75, 3.05) is 11.9 Å². The molecule has 1 aliphatic rings. The number of hydrogen-bond acceptors (Lipinski definition) is 5. The molecule has 3 aromatic rings. The van der Waals surface area contributed by atoms with Crippen LogP contribution in [0.15, 0.2) is 42.9 Å². The van der Waals surface area contributed by atoms with E-state index in [0.717, 1.165) is 16.8 Å². The van der Waals surface area contributed by atoms with Crippen molar-refractivity contribution >= 4 is 23.7 Å². The van der Waals surface area contributed by atoms with Crippen molar-refractivity contribution in [3.63, 3.8) is 0 Å². The van der Waals surface area contributed by atoms with E-state index in [4.69, 9.17) is 4.74 Å². The Balaban J connectivity index is 1.58. The summed E-state index contributed by atoms with van der Waals surface area (Å²) < 4.78 is 7.08. The van der Waals surface area contributed by atoms with E-state index in [1.807, 2.05) is 49.7 Å². The monoisotopic (exact) mass is 333 g/mol. The lowest BCUT2D eigenvalue weighted by molar-refractivity contribution is -0.118.